The van der Waals surface area contributed by atoms with Crippen molar-refractivity contribution < 1.29 is 23.6 Å². The number of amides is 3. The molecule has 11 heteroatoms. The topological polar surface area (TPSA) is 87.7 Å². The van der Waals surface area contributed by atoms with Crippen LogP contribution in [-0.4, -0.2) is 29.0 Å². The number of hydrogen-bond acceptors (Lipinski definition) is 5. The molecule has 0 radical (unpaired) electrons. The number of thiophene rings is 1. The van der Waals surface area contributed by atoms with E-state index in [1.165, 1.54) is 19.1 Å². The molecule has 4 rings (SSSR count). The Bertz CT molecular complexity index is 1350. The lowest BCUT2D eigenvalue weighted by Gasteiger charge is -2.32. The van der Waals surface area contributed by atoms with Gasteiger partial charge in [-0.3, -0.25) is 14.9 Å². The molecule has 3 amide bonds. The first-order valence-electron chi connectivity index (χ1n) is 12.1. The number of carbonyl (C=O) groups is 3. The van der Waals surface area contributed by atoms with Crippen molar-refractivity contribution in [2.45, 2.75) is 52.0 Å². The fourth-order valence-corrected chi connectivity index (χ4v) is 6.03. The molecule has 0 aliphatic heterocycles. The Balaban J connectivity index is 1.71. The summed E-state index contributed by atoms with van der Waals surface area (Å²) in [5.41, 5.74) is 1.72. The Morgan fingerprint density at radius 3 is 2.34 bits per heavy atom. The zero-order valence-corrected chi connectivity index (χ0v) is 23.1. The zero-order valence-electron chi connectivity index (χ0n) is 20.8. The maximum Gasteiger partial charge on any atom is 0.329 e. The summed E-state index contributed by atoms with van der Waals surface area (Å²) in [6.45, 7) is 3.00. The van der Waals surface area contributed by atoms with Crippen LogP contribution in [0.5, 0.6) is 0 Å². The van der Waals surface area contributed by atoms with Crippen LogP contribution in [0.15, 0.2) is 42.5 Å². The Kier molecular flexibility index (Phi) is 8.91. The summed E-state index contributed by atoms with van der Waals surface area (Å²) < 4.78 is 13.8. The fourth-order valence-electron chi connectivity index (χ4n) is 4.40. The second-order valence-corrected chi connectivity index (χ2v) is 10.9. The highest BCUT2D eigenvalue weighted by molar-refractivity contribution is 7.20. The maximum absolute atomic E-state index is 13.8. The molecule has 3 aromatic rings. The van der Waals surface area contributed by atoms with Gasteiger partial charge in [-0.05, 0) is 61.2 Å². The van der Waals surface area contributed by atoms with E-state index in [-0.39, 0.29) is 38.2 Å². The van der Waals surface area contributed by atoms with Crippen molar-refractivity contribution in [2.24, 2.45) is 0 Å². The first-order valence-corrected chi connectivity index (χ1v) is 13.7. The summed E-state index contributed by atoms with van der Waals surface area (Å²) in [5.74, 6) is -1.55. The fraction of sp³-hybridized carbons (Fsp3) is 0.296. The average molecular weight is 578 g/mol. The zero-order chi connectivity index (χ0) is 27.4. The minimum Gasteiger partial charge on any atom is -0.338 e. The number of nitrogens with one attached hydrogen (secondary N) is 2. The van der Waals surface area contributed by atoms with Crippen molar-refractivity contribution in [3.05, 3.63) is 69.5 Å². The van der Waals surface area contributed by atoms with Crippen LogP contribution in [0.4, 0.5) is 19.9 Å². The van der Waals surface area contributed by atoms with E-state index in [0.717, 1.165) is 35.7 Å². The smallest absolute Gasteiger partial charge is 0.329 e. The van der Waals surface area contributed by atoms with Gasteiger partial charge in [-0.25, -0.2) is 9.18 Å². The number of carbonyl (C=O) groups excluding carboxylic acids is 3. The molecule has 7 nitrogen and oxygen atoms in total. The number of para-hydroxylation sites is 1. The summed E-state index contributed by atoms with van der Waals surface area (Å²) in [6.07, 6.45) is 4.25. The number of nitrogens with zero attached hydrogens (tertiary/aromatic N) is 1. The Morgan fingerprint density at radius 2 is 1.71 bits per heavy atom. The molecule has 0 bridgehead atoms. The molecule has 200 valence electrons. The van der Waals surface area contributed by atoms with Crippen LogP contribution < -0.4 is 10.6 Å². The highest BCUT2D eigenvalue weighted by atomic mass is 35.5. The molecule has 1 fully saturated rings. The van der Waals surface area contributed by atoms with E-state index in [4.69, 9.17) is 28.0 Å². The summed E-state index contributed by atoms with van der Waals surface area (Å²) in [4.78, 5) is 44.7. The van der Waals surface area contributed by atoms with Crippen LogP contribution in [0.3, 0.4) is 0 Å². The molecular formula is C27H26Cl2FN3O4S. The first kappa shape index (κ1) is 27.9. The van der Waals surface area contributed by atoms with E-state index in [9.17, 15) is 18.8 Å². The van der Waals surface area contributed by atoms with Crippen molar-refractivity contribution in [2.75, 3.05) is 10.6 Å². The molecule has 0 spiro atoms. The SMILES string of the molecule is CC(=O)ON(C(=O)c1cc(-c2ccc(F)cc2C)sc1NC(=O)Nc1c(Cl)cccc1Cl)C1CCCCC1. The molecule has 0 unspecified atom stereocenters. The van der Waals surface area contributed by atoms with Crippen molar-refractivity contribution in [3.63, 3.8) is 0 Å². The van der Waals surface area contributed by atoms with Crippen LogP contribution in [0.25, 0.3) is 10.4 Å². The highest BCUT2D eigenvalue weighted by Gasteiger charge is 2.32. The van der Waals surface area contributed by atoms with Gasteiger partial charge in [-0.15, -0.1) is 11.3 Å². The molecular weight excluding hydrogens is 552 g/mol. The minimum atomic E-state index is -0.671. The summed E-state index contributed by atoms with van der Waals surface area (Å²) in [6, 6.07) is 9.82. The van der Waals surface area contributed by atoms with Crippen molar-refractivity contribution in [1.82, 2.24) is 5.06 Å². The van der Waals surface area contributed by atoms with E-state index in [1.807, 2.05) is 0 Å². The lowest BCUT2D eigenvalue weighted by molar-refractivity contribution is -0.185. The quantitative estimate of drug-likeness (QED) is 0.300. The van der Waals surface area contributed by atoms with E-state index >= 15 is 0 Å². The first-order chi connectivity index (χ1) is 18.1. The third-order valence-electron chi connectivity index (χ3n) is 6.18. The van der Waals surface area contributed by atoms with Gasteiger partial charge in [0.2, 0.25) is 0 Å². The van der Waals surface area contributed by atoms with Gasteiger partial charge in [0, 0.05) is 11.8 Å². The van der Waals surface area contributed by atoms with Crippen molar-refractivity contribution >= 4 is 63.1 Å². The predicted molar refractivity (Wildman–Crippen MR) is 148 cm³/mol. The second kappa shape index (κ2) is 12.1. The molecule has 2 aromatic carbocycles. The number of hydroxylamine groups is 2. The normalized spacial score (nSPS) is 13.6. The Hall–Kier alpha value is -3.14. The number of aryl methyl sites for hydroxylation is 1. The van der Waals surface area contributed by atoms with Gasteiger partial charge >= 0.3 is 12.0 Å². The number of anilines is 2. The minimum absolute atomic E-state index is 0.140. The highest BCUT2D eigenvalue weighted by Crippen LogP contribution is 2.39. The van der Waals surface area contributed by atoms with Crippen molar-refractivity contribution in [3.8, 4) is 10.4 Å². The number of hydrogen-bond donors (Lipinski definition) is 2. The van der Waals surface area contributed by atoms with E-state index in [0.29, 0.717) is 28.8 Å². The number of rotatable bonds is 5. The molecule has 1 heterocycles. The standard InChI is InChI=1S/C27H26Cl2FN3O4S/c1-15-13-17(30)11-12-19(15)23-14-20(26(35)33(37-16(2)34)18-7-4-3-5-8-18)25(38-23)32-27(36)31-24-21(28)9-6-10-22(24)29/h6,9-14,18H,3-5,7-8H2,1-2H3,(H2,31,32,36). The third-order valence-corrected chi connectivity index (χ3v) is 7.89. The lowest BCUT2D eigenvalue weighted by atomic mass is 9.95. The lowest BCUT2D eigenvalue weighted by Crippen LogP contribution is -2.42. The van der Waals surface area contributed by atoms with Gasteiger partial charge in [0.15, 0.2) is 0 Å². The van der Waals surface area contributed by atoms with Gasteiger partial charge in [-0.1, -0.05) is 54.6 Å². The Morgan fingerprint density at radius 1 is 1.03 bits per heavy atom. The molecule has 0 saturated heterocycles. The molecule has 38 heavy (non-hydrogen) atoms. The van der Waals surface area contributed by atoms with Crippen LogP contribution in [0.1, 0.15) is 54.9 Å². The number of urea groups is 1. The third kappa shape index (κ3) is 6.46. The average Bonchev–Trinajstić information content (AvgIpc) is 3.28. The maximum atomic E-state index is 13.8. The molecule has 1 aliphatic rings. The summed E-state index contributed by atoms with van der Waals surface area (Å²) in [7, 11) is 0. The van der Waals surface area contributed by atoms with Crippen LogP contribution in [0.2, 0.25) is 10.0 Å². The van der Waals surface area contributed by atoms with Crippen molar-refractivity contribution in [1.29, 1.82) is 0 Å². The molecule has 2 N–H and O–H groups in total. The summed E-state index contributed by atoms with van der Waals surface area (Å²) >= 11 is 13.5. The number of halogens is 3. The monoisotopic (exact) mass is 577 g/mol. The second-order valence-electron chi connectivity index (χ2n) is 8.99. The molecule has 1 aromatic heterocycles. The Labute approximate surface area is 233 Å². The predicted octanol–water partition coefficient (Wildman–Crippen LogP) is 8.07. The van der Waals surface area contributed by atoms with Crippen LogP contribution in [0, 0.1) is 12.7 Å². The van der Waals surface area contributed by atoms with E-state index in [1.54, 1.807) is 37.3 Å². The van der Waals surface area contributed by atoms with E-state index < -0.39 is 17.9 Å². The van der Waals surface area contributed by atoms with Crippen LogP contribution in [-0.2, 0) is 9.63 Å². The molecule has 1 saturated carbocycles. The van der Waals surface area contributed by atoms with Gasteiger partial charge in [-0.2, -0.15) is 5.06 Å². The van der Waals surface area contributed by atoms with Gasteiger partial charge < -0.3 is 10.2 Å². The number of benzene rings is 2. The summed E-state index contributed by atoms with van der Waals surface area (Å²) in [5, 5.41) is 7.18. The van der Waals surface area contributed by atoms with Gasteiger partial charge in [0.1, 0.15) is 10.8 Å². The van der Waals surface area contributed by atoms with Gasteiger partial charge in [0.25, 0.3) is 5.91 Å². The molecule has 1 aliphatic carbocycles. The largest absolute Gasteiger partial charge is 0.338 e. The molecule has 0 atom stereocenters. The van der Waals surface area contributed by atoms with Crippen LogP contribution >= 0.6 is 34.5 Å². The van der Waals surface area contributed by atoms with E-state index in [2.05, 4.69) is 10.6 Å². The van der Waals surface area contributed by atoms with Gasteiger partial charge in [0.05, 0.1) is 27.3 Å².